The minimum Gasteiger partial charge on any atom is -0.494 e. The van der Waals surface area contributed by atoms with E-state index in [1.165, 1.54) is 37.4 Å². The molecule has 3 atom stereocenters. The first-order chi connectivity index (χ1) is 21.5. The predicted molar refractivity (Wildman–Crippen MR) is 167 cm³/mol. The average molecular weight is 624 g/mol. The SMILES string of the molecule is COc1cc(NCc2c(Oc3ccc(C(=O)O)cc3)ccc([N+](=O)[O-])c2F)ccc1NC(=O)COC1CC(C)CCC1C(C)C. The van der Waals surface area contributed by atoms with Crippen LogP contribution in [0, 0.1) is 33.7 Å². The maximum Gasteiger partial charge on any atom is 0.335 e. The summed E-state index contributed by atoms with van der Waals surface area (Å²) in [5.74, 6) is -0.499. The lowest BCUT2D eigenvalue weighted by atomic mass is 9.75. The largest absolute Gasteiger partial charge is 0.494 e. The molecule has 0 saturated heterocycles. The summed E-state index contributed by atoms with van der Waals surface area (Å²) in [7, 11) is 1.45. The van der Waals surface area contributed by atoms with Gasteiger partial charge in [-0.2, -0.15) is 4.39 Å². The Labute approximate surface area is 260 Å². The molecule has 1 aliphatic rings. The number of benzene rings is 3. The van der Waals surface area contributed by atoms with Crippen LogP contribution in [-0.2, 0) is 16.1 Å². The monoisotopic (exact) mass is 623 g/mol. The van der Waals surface area contributed by atoms with Gasteiger partial charge < -0.3 is 30.0 Å². The third kappa shape index (κ3) is 8.48. The number of anilines is 2. The van der Waals surface area contributed by atoms with E-state index in [0.29, 0.717) is 34.9 Å². The minimum absolute atomic E-state index is 0.0107. The molecule has 1 saturated carbocycles. The van der Waals surface area contributed by atoms with Crippen LogP contribution in [0.4, 0.5) is 21.5 Å². The Hall–Kier alpha value is -4.71. The van der Waals surface area contributed by atoms with Gasteiger partial charge in [-0.1, -0.05) is 27.2 Å². The van der Waals surface area contributed by atoms with Gasteiger partial charge in [0.15, 0.2) is 0 Å². The van der Waals surface area contributed by atoms with E-state index in [1.54, 1.807) is 18.2 Å². The van der Waals surface area contributed by atoms with Gasteiger partial charge in [0, 0.05) is 24.4 Å². The van der Waals surface area contributed by atoms with Crippen LogP contribution >= 0.6 is 0 Å². The third-order valence-electron chi connectivity index (χ3n) is 8.04. The van der Waals surface area contributed by atoms with Crippen molar-refractivity contribution in [2.24, 2.45) is 17.8 Å². The summed E-state index contributed by atoms with van der Waals surface area (Å²) < 4.78 is 32.6. The molecule has 3 unspecified atom stereocenters. The van der Waals surface area contributed by atoms with Gasteiger partial charge in [-0.05, 0) is 73.1 Å². The molecular weight excluding hydrogens is 585 g/mol. The van der Waals surface area contributed by atoms with Crippen molar-refractivity contribution in [1.29, 1.82) is 0 Å². The molecule has 11 nitrogen and oxygen atoms in total. The summed E-state index contributed by atoms with van der Waals surface area (Å²) in [5.41, 5.74) is 0.111. The van der Waals surface area contributed by atoms with E-state index in [2.05, 4.69) is 31.4 Å². The fourth-order valence-corrected chi connectivity index (χ4v) is 5.56. The van der Waals surface area contributed by atoms with Gasteiger partial charge in [0.05, 0.1) is 35.0 Å². The molecule has 240 valence electrons. The molecule has 0 spiro atoms. The highest BCUT2D eigenvalue weighted by molar-refractivity contribution is 5.93. The molecule has 12 heteroatoms. The molecule has 1 fully saturated rings. The van der Waals surface area contributed by atoms with Gasteiger partial charge in [-0.25, -0.2) is 4.79 Å². The number of carbonyl (C=O) groups is 2. The van der Waals surface area contributed by atoms with E-state index in [1.807, 2.05) is 0 Å². The Balaban J connectivity index is 1.45. The molecule has 3 N–H and O–H groups in total. The Morgan fingerprint density at radius 3 is 2.47 bits per heavy atom. The molecule has 0 heterocycles. The Kier molecular flexibility index (Phi) is 10.9. The number of hydrogen-bond acceptors (Lipinski definition) is 8. The average Bonchev–Trinajstić information content (AvgIpc) is 3.00. The van der Waals surface area contributed by atoms with Gasteiger partial charge >= 0.3 is 11.7 Å². The van der Waals surface area contributed by atoms with E-state index in [9.17, 15) is 19.7 Å². The second-order valence-corrected chi connectivity index (χ2v) is 11.6. The summed E-state index contributed by atoms with van der Waals surface area (Å²) in [4.78, 5) is 34.5. The summed E-state index contributed by atoms with van der Waals surface area (Å²) in [6, 6.07) is 12.6. The van der Waals surface area contributed by atoms with Crippen LogP contribution in [0.3, 0.4) is 0 Å². The number of nitrogens with zero attached hydrogens (tertiary/aromatic N) is 1. The second kappa shape index (κ2) is 14.8. The molecular formula is C33H38FN3O8. The molecule has 0 aromatic heterocycles. The lowest BCUT2D eigenvalue weighted by Crippen LogP contribution is -2.36. The first-order valence-corrected chi connectivity index (χ1v) is 14.8. The predicted octanol–water partition coefficient (Wildman–Crippen LogP) is 7.26. The van der Waals surface area contributed by atoms with Crippen LogP contribution in [0.5, 0.6) is 17.2 Å². The number of hydrogen-bond donors (Lipinski definition) is 3. The van der Waals surface area contributed by atoms with E-state index >= 15 is 4.39 Å². The lowest BCUT2D eigenvalue weighted by molar-refractivity contribution is -0.387. The summed E-state index contributed by atoms with van der Waals surface area (Å²) >= 11 is 0. The highest BCUT2D eigenvalue weighted by Gasteiger charge is 2.32. The number of halogens is 1. The zero-order valence-electron chi connectivity index (χ0n) is 25.7. The number of carbonyl (C=O) groups excluding carboxylic acids is 1. The smallest absolute Gasteiger partial charge is 0.335 e. The standard InChI is InChI=1S/C33H38FN3O8/c1-19(2)24-11-5-20(3)15-29(24)44-18-31(38)36-26-12-8-22(16-30(26)43-4)35-17-25-28(14-13-27(32(25)34)37(41)42)45-23-9-6-21(7-10-23)33(39)40/h6-10,12-14,16,19-20,24,29,35H,5,11,15,17-18H2,1-4H3,(H,36,38)(H,39,40). The summed E-state index contributed by atoms with van der Waals surface area (Å²) in [5, 5.41) is 26.4. The fourth-order valence-electron chi connectivity index (χ4n) is 5.56. The Morgan fingerprint density at radius 1 is 1.09 bits per heavy atom. The number of nitro groups is 1. The van der Waals surface area contributed by atoms with Crippen molar-refractivity contribution in [1.82, 2.24) is 0 Å². The van der Waals surface area contributed by atoms with Crippen LogP contribution < -0.4 is 20.1 Å². The summed E-state index contributed by atoms with van der Waals surface area (Å²) in [6.45, 7) is 6.28. The van der Waals surface area contributed by atoms with Crippen molar-refractivity contribution in [3.8, 4) is 17.2 Å². The quantitative estimate of drug-likeness (QED) is 0.132. The number of ether oxygens (including phenoxy) is 3. The van der Waals surface area contributed by atoms with Gasteiger partial charge in [0.25, 0.3) is 0 Å². The highest BCUT2D eigenvalue weighted by atomic mass is 19.1. The van der Waals surface area contributed by atoms with Crippen LogP contribution in [0.25, 0.3) is 0 Å². The van der Waals surface area contributed by atoms with Gasteiger partial charge in [0.2, 0.25) is 11.7 Å². The Bertz CT molecular complexity index is 1530. The van der Waals surface area contributed by atoms with Crippen LogP contribution in [-0.4, -0.2) is 41.7 Å². The first-order valence-electron chi connectivity index (χ1n) is 14.8. The Morgan fingerprint density at radius 2 is 1.82 bits per heavy atom. The molecule has 1 amide bonds. The number of rotatable bonds is 13. The van der Waals surface area contributed by atoms with Crippen LogP contribution in [0.15, 0.2) is 54.6 Å². The molecule has 1 aliphatic carbocycles. The molecule has 0 aliphatic heterocycles. The number of carboxylic acids is 1. The highest BCUT2D eigenvalue weighted by Crippen LogP contribution is 2.36. The number of carboxylic acid groups (broad SMARTS) is 1. The van der Waals surface area contributed by atoms with Crippen molar-refractivity contribution in [3.05, 3.63) is 81.7 Å². The number of nitrogens with one attached hydrogen (secondary N) is 2. The van der Waals surface area contributed by atoms with Crippen molar-refractivity contribution >= 4 is 28.9 Å². The van der Waals surface area contributed by atoms with E-state index < -0.39 is 22.4 Å². The van der Waals surface area contributed by atoms with Crippen molar-refractivity contribution in [3.63, 3.8) is 0 Å². The molecule has 3 aromatic rings. The first kappa shape index (κ1) is 33.2. The van der Waals surface area contributed by atoms with Crippen LogP contribution in [0.1, 0.15) is 56.0 Å². The zero-order valence-corrected chi connectivity index (χ0v) is 25.7. The number of amides is 1. The maximum absolute atomic E-state index is 15.3. The van der Waals surface area contributed by atoms with E-state index in [0.717, 1.165) is 25.3 Å². The topological polar surface area (TPSA) is 149 Å². The van der Waals surface area contributed by atoms with Gasteiger partial charge in [-0.15, -0.1) is 0 Å². The molecule has 45 heavy (non-hydrogen) atoms. The van der Waals surface area contributed by atoms with E-state index in [4.69, 9.17) is 19.3 Å². The number of methoxy groups -OCH3 is 1. The zero-order chi connectivity index (χ0) is 32.7. The van der Waals surface area contributed by atoms with E-state index in [-0.39, 0.29) is 47.8 Å². The van der Waals surface area contributed by atoms with Crippen molar-refractivity contribution < 1.29 is 38.2 Å². The minimum atomic E-state index is -1.11. The van der Waals surface area contributed by atoms with Crippen molar-refractivity contribution in [2.75, 3.05) is 24.4 Å². The molecule has 3 aromatic carbocycles. The normalized spacial score (nSPS) is 17.9. The van der Waals surface area contributed by atoms with Gasteiger partial charge in [0.1, 0.15) is 23.9 Å². The lowest BCUT2D eigenvalue weighted by Gasteiger charge is -2.37. The molecule has 0 bridgehead atoms. The number of nitro benzene ring substituents is 1. The summed E-state index contributed by atoms with van der Waals surface area (Å²) in [6.07, 6.45) is 3.20. The van der Waals surface area contributed by atoms with Gasteiger partial charge in [-0.3, -0.25) is 14.9 Å². The third-order valence-corrected chi connectivity index (χ3v) is 8.04. The second-order valence-electron chi connectivity index (χ2n) is 11.6. The maximum atomic E-state index is 15.3. The fraction of sp³-hybridized carbons (Fsp3) is 0.394. The molecule has 0 radical (unpaired) electrons. The van der Waals surface area contributed by atoms with Crippen molar-refractivity contribution in [2.45, 2.75) is 52.7 Å². The van der Waals surface area contributed by atoms with Crippen LogP contribution in [0.2, 0.25) is 0 Å². The number of aromatic carboxylic acids is 1. The molecule has 4 rings (SSSR count).